The third-order valence-corrected chi connectivity index (χ3v) is 4.83. The van der Waals surface area contributed by atoms with Crippen LogP contribution < -0.4 is 0 Å². The van der Waals surface area contributed by atoms with Crippen molar-refractivity contribution < 1.29 is 14.3 Å². The van der Waals surface area contributed by atoms with Gasteiger partial charge in [0.15, 0.2) is 0 Å². The number of amides is 1. The molecule has 1 aromatic carbocycles. The van der Waals surface area contributed by atoms with Crippen LogP contribution in [0.1, 0.15) is 51.5 Å². The first-order valence-corrected chi connectivity index (χ1v) is 8.97. The van der Waals surface area contributed by atoms with E-state index in [0.717, 1.165) is 31.2 Å². The van der Waals surface area contributed by atoms with Gasteiger partial charge in [0.2, 0.25) is 5.91 Å². The van der Waals surface area contributed by atoms with Crippen LogP contribution in [0.3, 0.4) is 0 Å². The van der Waals surface area contributed by atoms with Crippen LogP contribution in [-0.4, -0.2) is 36.0 Å². The summed E-state index contributed by atoms with van der Waals surface area (Å²) in [7, 11) is 1.40. The fourth-order valence-electron chi connectivity index (χ4n) is 3.63. The maximum atomic E-state index is 13.1. The molecule has 2 rings (SSSR count). The van der Waals surface area contributed by atoms with Crippen molar-refractivity contribution in [3.8, 4) is 0 Å². The number of esters is 1. The number of hydrogen-bond donors (Lipinski definition) is 0. The number of rotatable bonds is 6. The van der Waals surface area contributed by atoms with E-state index in [0.29, 0.717) is 6.42 Å². The zero-order valence-electron chi connectivity index (χ0n) is 15.0. The lowest BCUT2D eigenvalue weighted by molar-refractivity contribution is -0.157. The van der Waals surface area contributed by atoms with Crippen LogP contribution in [-0.2, 0) is 20.7 Å². The second kappa shape index (κ2) is 8.86. The molecule has 0 bridgehead atoms. The molecule has 0 radical (unpaired) electrons. The molecule has 1 amide bonds. The van der Waals surface area contributed by atoms with Gasteiger partial charge >= 0.3 is 5.97 Å². The topological polar surface area (TPSA) is 46.6 Å². The molecule has 0 aromatic heterocycles. The normalized spacial score (nSPS) is 16.7. The van der Waals surface area contributed by atoms with Gasteiger partial charge in [-0.15, -0.1) is 0 Å². The molecule has 0 N–H and O–H groups in total. The zero-order chi connectivity index (χ0) is 17.5. The fourth-order valence-corrected chi connectivity index (χ4v) is 3.63. The molecule has 0 heterocycles. The van der Waals surface area contributed by atoms with E-state index >= 15 is 0 Å². The van der Waals surface area contributed by atoms with Crippen molar-refractivity contribution in [2.45, 2.75) is 64.5 Å². The van der Waals surface area contributed by atoms with E-state index in [9.17, 15) is 9.59 Å². The molecule has 132 valence electrons. The summed E-state index contributed by atoms with van der Waals surface area (Å²) in [6.07, 6.45) is 5.72. The number of nitrogens with zero attached hydrogens (tertiary/aromatic N) is 1. The number of ether oxygens (including phenoxy) is 1. The minimum absolute atomic E-state index is 0.0252. The van der Waals surface area contributed by atoms with Crippen molar-refractivity contribution in [2.24, 2.45) is 5.92 Å². The Morgan fingerprint density at radius 3 is 2.29 bits per heavy atom. The predicted octanol–water partition coefficient (Wildman–Crippen LogP) is 3.59. The second-order valence-corrected chi connectivity index (χ2v) is 6.97. The summed E-state index contributed by atoms with van der Waals surface area (Å²) >= 11 is 0. The number of carbonyl (C=O) groups is 2. The Morgan fingerprint density at radius 2 is 1.75 bits per heavy atom. The summed E-state index contributed by atoms with van der Waals surface area (Å²) in [5, 5.41) is 0. The van der Waals surface area contributed by atoms with Crippen molar-refractivity contribution in [3.05, 3.63) is 35.9 Å². The lowest BCUT2D eigenvalue weighted by Gasteiger charge is -2.40. The van der Waals surface area contributed by atoms with E-state index in [1.165, 1.54) is 13.5 Å². The highest BCUT2D eigenvalue weighted by Crippen LogP contribution is 2.28. The zero-order valence-corrected chi connectivity index (χ0v) is 15.0. The Bertz CT molecular complexity index is 535. The van der Waals surface area contributed by atoms with Crippen LogP contribution in [0.2, 0.25) is 0 Å². The molecule has 0 saturated heterocycles. The summed E-state index contributed by atoms with van der Waals surface area (Å²) in [5.74, 6) is -0.256. The Morgan fingerprint density at radius 1 is 1.12 bits per heavy atom. The average Bonchev–Trinajstić information content (AvgIpc) is 2.60. The molecule has 4 nitrogen and oxygen atoms in total. The lowest BCUT2D eigenvalue weighted by atomic mass is 9.90. The predicted molar refractivity (Wildman–Crippen MR) is 94.5 cm³/mol. The van der Waals surface area contributed by atoms with Crippen LogP contribution in [0, 0.1) is 5.92 Å². The summed E-state index contributed by atoms with van der Waals surface area (Å²) in [6.45, 7) is 3.96. The maximum absolute atomic E-state index is 13.1. The van der Waals surface area contributed by atoms with Gasteiger partial charge in [0, 0.05) is 6.04 Å². The van der Waals surface area contributed by atoms with E-state index in [4.69, 9.17) is 4.74 Å². The number of benzene rings is 1. The first kappa shape index (κ1) is 18.5. The maximum Gasteiger partial charge on any atom is 0.328 e. The lowest BCUT2D eigenvalue weighted by Crippen LogP contribution is -2.54. The Balaban J connectivity index is 2.26. The van der Waals surface area contributed by atoms with Gasteiger partial charge in [-0.25, -0.2) is 4.79 Å². The van der Waals surface area contributed by atoms with Gasteiger partial charge in [-0.2, -0.15) is 0 Å². The summed E-state index contributed by atoms with van der Waals surface area (Å²) in [4.78, 5) is 27.3. The van der Waals surface area contributed by atoms with E-state index in [2.05, 4.69) is 0 Å². The molecule has 24 heavy (non-hydrogen) atoms. The third kappa shape index (κ3) is 4.59. The Labute approximate surface area is 145 Å². The summed E-state index contributed by atoms with van der Waals surface area (Å²) in [6, 6.07) is 9.37. The van der Waals surface area contributed by atoms with Crippen LogP contribution in [0.25, 0.3) is 0 Å². The van der Waals surface area contributed by atoms with E-state index < -0.39 is 6.04 Å². The monoisotopic (exact) mass is 331 g/mol. The van der Waals surface area contributed by atoms with Crippen molar-refractivity contribution in [1.29, 1.82) is 0 Å². The number of hydrogen-bond acceptors (Lipinski definition) is 3. The Kier molecular flexibility index (Phi) is 6.83. The molecule has 1 unspecified atom stereocenters. The molecule has 1 saturated carbocycles. The largest absolute Gasteiger partial charge is 0.467 e. The van der Waals surface area contributed by atoms with Crippen LogP contribution in [0.4, 0.5) is 0 Å². The molecule has 1 fully saturated rings. The highest BCUT2D eigenvalue weighted by atomic mass is 16.5. The van der Waals surface area contributed by atoms with Gasteiger partial charge < -0.3 is 9.64 Å². The smallest absolute Gasteiger partial charge is 0.328 e. The molecule has 1 aliphatic carbocycles. The minimum atomic E-state index is -0.505. The van der Waals surface area contributed by atoms with E-state index in [-0.39, 0.29) is 23.8 Å². The van der Waals surface area contributed by atoms with Gasteiger partial charge in [0.05, 0.1) is 13.5 Å². The molecule has 0 aliphatic heterocycles. The average molecular weight is 331 g/mol. The van der Waals surface area contributed by atoms with Crippen molar-refractivity contribution in [1.82, 2.24) is 4.90 Å². The van der Waals surface area contributed by atoms with Gasteiger partial charge in [0.25, 0.3) is 0 Å². The molecule has 1 aromatic rings. The minimum Gasteiger partial charge on any atom is -0.467 e. The van der Waals surface area contributed by atoms with Gasteiger partial charge in [-0.05, 0) is 24.3 Å². The van der Waals surface area contributed by atoms with Crippen molar-refractivity contribution in [2.75, 3.05) is 7.11 Å². The molecule has 4 heteroatoms. The second-order valence-electron chi connectivity index (χ2n) is 6.97. The highest BCUT2D eigenvalue weighted by molar-refractivity contribution is 5.86. The number of methoxy groups -OCH3 is 1. The highest BCUT2D eigenvalue weighted by Gasteiger charge is 2.38. The van der Waals surface area contributed by atoms with Crippen molar-refractivity contribution in [3.63, 3.8) is 0 Å². The fraction of sp³-hybridized carbons (Fsp3) is 0.600. The molecular formula is C20H29NO3. The quantitative estimate of drug-likeness (QED) is 0.749. The first-order valence-electron chi connectivity index (χ1n) is 8.97. The summed E-state index contributed by atoms with van der Waals surface area (Å²) in [5.41, 5.74) is 0.982. The molecular weight excluding hydrogens is 302 g/mol. The summed E-state index contributed by atoms with van der Waals surface area (Å²) < 4.78 is 5.01. The van der Waals surface area contributed by atoms with Gasteiger partial charge in [0.1, 0.15) is 6.04 Å². The molecule has 1 atom stereocenters. The molecule has 0 spiro atoms. The van der Waals surface area contributed by atoms with E-state index in [1.807, 2.05) is 49.1 Å². The van der Waals surface area contributed by atoms with Crippen LogP contribution in [0.15, 0.2) is 30.3 Å². The van der Waals surface area contributed by atoms with Crippen LogP contribution >= 0.6 is 0 Å². The first-order chi connectivity index (χ1) is 11.5. The standard InChI is InChI=1S/C20H29NO3/c1-15(2)19(20(23)24-3)21(17-12-8-5-9-13-17)18(22)14-16-10-6-4-7-11-16/h4,6-7,10-11,15,17,19H,5,8-9,12-14H2,1-3H3. The van der Waals surface area contributed by atoms with E-state index in [1.54, 1.807) is 0 Å². The molecule has 1 aliphatic rings. The van der Waals surface area contributed by atoms with Crippen molar-refractivity contribution >= 4 is 11.9 Å². The van der Waals surface area contributed by atoms with Gasteiger partial charge in [-0.3, -0.25) is 4.79 Å². The van der Waals surface area contributed by atoms with Crippen LogP contribution in [0.5, 0.6) is 0 Å². The number of carbonyl (C=O) groups excluding carboxylic acids is 2. The SMILES string of the molecule is COC(=O)C(C(C)C)N(C(=O)Cc1ccccc1)C1CCCCC1. The van der Waals surface area contributed by atoms with Gasteiger partial charge in [-0.1, -0.05) is 63.4 Å². The third-order valence-electron chi connectivity index (χ3n) is 4.83. The Hall–Kier alpha value is -1.84.